The molecule has 1 rings (SSSR count). The molecule has 0 spiro atoms. The molecule has 6 heteroatoms. The van der Waals surface area contributed by atoms with Crippen LogP contribution in [-0.4, -0.2) is 23.8 Å². The summed E-state index contributed by atoms with van der Waals surface area (Å²) in [4.78, 5) is 34.1. The number of hydrogen-bond donors (Lipinski definition) is 3. The van der Waals surface area contributed by atoms with Gasteiger partial charge in [-0.2, -0.15) is 0 Å². The molecule has 1 aromatic rings. The van der Waals surface area contributed by atoms with Crippen molar-refractivity contribution in [1.29, 1.82) is 0 Å². The number of carbonyl (C=O) groups is 3. The fourth-order valence-corrected chi connectivity index (χ4v) is 1.83. The van der Waals surface area contributed by atoms with Crippen molar-refractivity contribution >= 4 is 17.7 Å². The highest BCUT2D eigenvalue weighted by Gasteiger charge is 2.19. The van der Waals surface area contributed by atoms with Crippen LogP contribution in [0, 0.1) is 5.92 Å². The van der Waals surface area contributed by atoms with Crippen LogP contribution in [0.4, 0.5) is 0 Å². The Morgan fingerprint density at radius 2 is 1.71 bits per heavy atom. The van der Waals surface area contributed by atoms with Crippen LogP contribution < -0.4 is 16.8 Å². The summed E-state index contributed by atoms with van der Waals surface area (Å²) >= 11 is 0. The van der Waals surface area contributed by atoms with Gasteiger partial charge in [-0.25, -0.2) is 0 Å². The molecule has 6 nitrogen and oxygen atoms in total. The number of amides is 3. The number of carbonyl (C=O) groups excluding carboxylic acids is 3. The van der Waals surface area contributed by atoms with Crippen LogP contribution in [0.3, 0.4) is 0 Å². The molecule has 5 N–H and O–H groups in total. The molecule has 0 bridgehead atoms. The third kappa shape index (κ3) is 6.07. The van der Waals surface area contributed by atoms with E-state index in [1.165, 1.54) is 0 Å². The minimum Gasteiger partial charge on any atom is -0.369 e. The zero-order chi connectivity index (χ0) is 15.8. The maximum atomic E-state index is 11.8. The van der Waals surface area contributed by atoms with Crippen LogP contribution in [0.2, 0.25) is 0 Å². The van der Waals surface area contributed by atoms with Crippen LogP contribution in [-0.2, 0) is 20.8 Å². The van der Waals surface area contributed by atoms with E-state index in [4.69, 9.17) is 11.5 Å². The normalized spacial score (nSPS) is 13.2. The predicted molar refractivity (Wildman–Crippen MR) is 78.9 cm³/mol. The second kappa shape index (κ2) is 8.04. The van der Waals surface area contributed by atoms with Crippen molar-refractivity contribution in [2.45, 2.75) is 32.2 Å². The van der Waals surface area contributed by atoms with E-state index in [1.54, 1.807) is 6.92 Å². The molecule has 0 radical (unpaired) electrons. The Kier molecular flexibility index (Phi) is 6.39. The third-order valence-electron chi connectivity index (χ3n) is 3.25. The fourth-order valence-electron chi connectivity index (χ4n) is 1.83. The molecule has 0 aliphatic carbocycles. The molecule has 0 aromatic heterocycles. The highest BCUT2D eigenvalue weighted by molar-refractivity contribution is 5.87. The molecule has 0 heterocycles. The molecule has 3 amide bonds. The molecule has 0 aliphatic rings. The van der Waals surface area contributed by atoms with Crippen LogP contribution in [0.15, 0.2) is 30.3 Å². The molecule has 1 unspecified atom stereocenters. The Balaban J connectivity index is 2.53. The SMILES string of the molecule is CC(CCC(=O)N[C@@H](Cc1ccccc1)C(N)=O)C(N)=O. The van der Waals surface area contributed by atoms with Gasteiger partial charge in [0, 0.05) is 18.8 Å². The van der Waals surface area contributed by atoms with Gasteiger partial charge in [0.1, 0.15) is 6.04 Å². The predicted octanol–water partition coefficient (Wildman–Crippen LogP) is 0.101. The fraction of sp³-hybridized carbons (Fsp3) is 0.400. The number of primary amides is 2. The van der Waals surface area contributed by atoms with Crippen molar-refractivity contribution in [3.63, 3.8) is 0 Å². The monoisotopic (exact) mass is 291 g/mol. The summed E-state index contributed by atoms with van der Waals surface area (Å²) < 4.78 is 0. The first-order valence-corrected chi connectivity index (χ1v) is 6.82. The lowest BCUT2D eigenvalue weighted by atomic mass is 10.0. The summed E-state index contributed by atoms with van der Waals surface area (Å²) in [5.74, 6) is -1.73. The van der Waals surface area contributed by atoms with Crippen LogP contribution in [0.1, 0.15) is 25.3 Å². The molecular weight excluding hydrogens is 270 g/mol. The summed E-state index contributed by atoms with van der Waals surface area (Å²) in [7, 11) is 0. The Morgan fingerprint density at radius 1 is 1.10 bits per heavy atom. The summed E-state index contributed by atoms with van der Waals surface area (Å²) in [5.41, 5.74) is 11.3. The van der Waals surface area contributed by atoms with Crippen molar-refractivity contribution in [3.05, 3.63) is 35.9 Å². The standard InChI is InChI=1S/C15H21N3O3/c1-10(14(16)20)7-8-13(19)18-12(15(17)21)9-11-5-3-2-4-6-11/h2-6,10,12H,7-9H2,1H3,(H2,16,20)(H2,17,21)(H,18,19)/t10?,12-/m0/s1. The zero-order valence-electron chi connectivity index (χ0n) is 12.0. The molecule has 1 aromatic carbocycles. The van der Waals surface area contributed by atoms with E-state index in [0.717, 1.165) is 5.56 Å². The van der Waals surface area contributed by atoms with Crippen molar-refractivity contribution in [2.24, 2.45) is 17.4 Å². The number of hydrogen-bond acceptors (Lipinski definition) is 3. The minimum atomic E-state index is -0.760. The smallest absolute Gasteiger partial charge is 0.240 e. The van der Waals surface area contributed by atoms with E-state index in [1.807, 2.05) is 30.3 Å². The van der Waals surface area contributed by atoms with Crippen molar-refractivity contribution in [2.75, 3.05) is 0 Å². The van der Waals surface area contributed by atoms with Gasteiger partial charge in [0.2, 0.25) is 17.7 Å². The maximum Gasteiger partial charge on any atom is 0.240 e. The molecule has 21 heavy (non-hydrogen) atoms. The Hall–Kier alpha value is -2.37. The van der Waals surface area contributed by atoms with Crippen molar-refractivity contribution in [3.8, 4) is 0 Å². The Labute approximate surface area is 123 Å². The lowest BCUT2D eigenvalue weighted by Gasteiger charge is -2.16. The molecule has 0 saturated carbocycles. The van der Waals surface area contributed by atoms with E-state index in [0.29, 0.717) is 12.8 Å². The highest BCUT2D eigenvalue weighted by atomic mass is 16.2. The minimum absolute atomic E-state index is 0.128. The number of nitrogens with one attached hydrogen (secondary N) is 1. The molecule has 2 atom stereocenters. The first kappa shape index (κ1) is 16.7. The van der Waals surface area contributed by atoms with E-state index in [-0.39, 0.29) is 18.2 Å². The van der Waals surface area contributed by atoms with Gasteiger partial charge in [0.05, 0.1) is 0 Å². The van der Waals surface area contributed by atoms with Crippen molar-refractivity contribution in [1.82, 2.24) is 5.32 Å². The topological polar surface area (TPSA) is 115 Å². The van der Waals surface area contributed by atoms with Crippen molar-refractivity contribution < 1.29 is 14.4 Å². The molecule has 0 aliphatic heterocycles. The molecular formula is C15H21N3O3. The van der Waals surface area contributed by atoms with Crippen LogP contribution in [0.25, 0.3) is 0 Å². The Morgan fingerprint density at radius 3 is 2.24 bits per heavy atom. The first-order valence-electron chi connectivity index (χ1n) is 6.82. The van der Waals surface area contributed by atoms with E-state index >= 15 is 0 Å². The summed E-state index contributed by atoms with van der Waals surface area (Å²) in [6, 6.07) is 8.53. The van der Waals surface area contributed by atoms with Gasteiger partial charge in [-0.3, -0.25) is 14.4 Å². The van der Waals surface area contributed by atoms with Gasteiger partial charge in [0.25, 0.3) is 0 Å². The van der Waals surface area contributed by atoms with Crippen LogP contribution >= 0.6 is 0 Å². The highest BCUT2D eigenvalue weighted by Crippen LogP contribution is 2.06. The molecule has 114 valence electrons. The summed E-state index contributed by atoms with van der Waals surface area (Å²) in [6.45, 7) is 1.66. The van der Waals surface area contributed by atoms with Gasteiger partial charge < -0.3 is 16.8 Å². The van der Waals surface area contributed by atoms with Crippen LogP contribution in [0.5, 0.6) is 0 Å². The second-order valence-corrected chi connectivity index (χ2v) is 5.05. The van der Waals surface area contributed by atoms with Gasteiger partial charge in [0.15, 0.2) is 0 Å². The lowest BCUT2D eigenvalue weighted by Crippen LogP contribution is -2.46. The van der Waals surface area contributed by atoms with E-state index in [9.17, 15) is 14.4 Å². The second-order valence-electron chi connectivity index (χ2n) is 5.05. The van der Waals surface area contributed by atoms with E-state index in [2.05, 4.69) is 5.32 Å². The van der Waals surface area contributed by atoms with Gasteiger partial charge in [-0.1, -0.05) is 37.3 Å². The molecule has 0 saturated heterocycles. The Bertz CT molecular complexity index is 502. The van der Waals surface area contributed by atoms with Gasteiger partial charge >= 0.3 is 0 Å². The zero-order valence-corrected chi connectivity index (χ0v) is 12.0. The largest absolute Gasteiger partial charge is 0.369 e. The number of rotatable bonds is 8. The quantitative estimate of drug-likeness (QED) is 0.631. The third-order valence-corrected chi connectivity index (χ3v) is 3.25. The average molecular weight is 291 g/mol. The first-order chi connectivity index (χ1) is 9.90. The lowest BCUT2D eigenvalue weighted by molar-refractivity contribution is -0.128. The summed E-state index contributed by atoms with van der Waals surface area (Å²) in [6.07, 6.45) is 0.813. The van der Waals surface area contributed by atoms with Gasteiger partial charge in [-0.05, 0) is 12.0 Å². The molecule has 0 fully saturated rings. The maximum absolute atomic E-state index is 11.8. The number of benzene rings is 1. The average Bonchev–Trinajstić information content (AvgIpc) is 2.44. The van der Waals surface area contributed by atoms with E-state index < -0.39 is 17.9 Å². The van der Waals surface area contributed by atoms with Gasteiger partial charge in [-0.15, -0.1) is 0 Å². The summed E-state index contributed by atoms with van der Waals surface area (Å²) in [5, 5.41) is 2.59. The number of nitrogens with two attached hydrogens (primary N) is 2.